The number of rotatable bonds is 4. The molecule has 2 aromatic heterocycles. The minimum atomic E-state index is -0.352. The number of amides is 1. The van der Waals surface area contributed by atoms with E-state index in [1.165, 1.54) is 10.4 Å². The molecular formula is C17H23N3O3S. The van der Waals surface area contributed by atoms with Gasteiger partial charge in [-0.15, -0.1) is 21.5 Å². The van der Waals surface area contributed by atoms with Crippen LogP contribution in [0.4, 0.5) is 0 Å². The van der Waals surface area contributed by atoms with Crippen LogP contribution in [0.3, 0.4) is 0 Å². The highest BCUT2D eigenvalue weighted by Crippen LogP contribution is 2.27. The molecule has 6 nitrogen and oxygen atoms in total. The van der Waals surface area contributed by atoms with Crippen LogP contribution in [0.25, 0.3) is 0 Å². The van der Waals surface area contributed by atoms with Gasteiger partial charge in [-0.25, -0.2) is 0 Å². The van der Waals surface area contributed by atoms with Gasteiger partial charge in [0, 0.05) is 17.3 Å². The third-order valence-corrected chi connectivity index (χ3v) is 5.27. The van der Waals surface area contributed by atoms with Crippen molar-refractivity contribution in [3.05, 3.63) is 33.2 Å². The monoisotopic (exact) mass is 349 g/mol. The zero-order valence-electron chi connectivity index (χ0n) is 14.5. The Hall–Kier alpha value is -1.73. The van der Waals surface area contributed by atoms with Crippen molar-refractivity contribution in [3.63, 3.8) is 0 Å². The Labute approximate surface area is 145 Å². The Morgan fingerprint density at radius 1 is 1.46 bits per heavy atom. The second kappa shape index (κ2) is 7.03. The number of hydrogen-bond donors (Lipinski definition) is 0. The van der Waals surface area contributed by atoms with E-state index in [0.29, 0.717) is 31.5 Å². The minimum absolute atomic E-state index is 0.0553. The number of carbonyl (C=O) groups is 1. The van der Waals surface area contributed by atoms with Crippen LogP contribution in [0.15, 0.2) is 10.5 Å². The predicted molar refractivity (Wildman–Crippen MR) is 91.4 cm³/mol. The molecule has 1 fully saturated rings. The first-order chi connectivity index (χ1) is 11.5. The van der Waals surface area contributed by atoms with Crippen molar-refractivity contribution in [2.75, 3.05) is 19.7 Å². The lowest BCUT2D eigenvalue weighted by Crippen LogP contribution is -2.42. The van der Waals surface area contributed by atoms with Crippen molar-refractivity contribution in [2.45, 2.75) is 46.1 Å². The van der Waals surface area contributed by atoms with Gasteiger partial charge in [0.1, 0.15) is 0 Å². The molecule has 130 valence electrons. The SMILES string of the molecule is CCc1cc(C(=O)N2CCO[C@H](c3nnc(C(C)C)o3)C2)sc1C. The van der Waals surface area contributed by atoms with Crippen LogP contribution in [0, 0.1) is 6.92 Å². The minimum Gasteiger partial charge on any atom is -0.422 e. The van der Waals surface area contributed by atoms with E-state index in [2.05, 4.69) is 24.0 Å². The van der Waals surface area contributed by atoms with E-state index >= 15 is 0 Å². The highest BCUT2D eigenvalue weighted by Gasteiger charge is 2.30. The third kappa shape index (κ3) is 3.37. The largest absolute Gasteiger partial charge is 0.422 e. The number of carbonyl (C=O) groups excluding carboxylic acids is 1. The molecule has 7 heteroatoms. The normalized spacial score (nSPS) is 18.4. The van der Waals surface area contributed by atoms with E-state index in [9.17, 15) is 4.79 Å². The molecule has 1 saturated heterocycles. The molecule has 3 heterocycles. The summed E-state index contributed by atoms with van der Waals surface area (Å²) in [6.45, 7) is 9.67. The smallest absolute Gasteiger partial charge is 0.264 e. The number of aromatic nitrogens is 2. The summed E-state index contributed by atoms with van der Waals surface area (Å²) in [6, 6.07) is 2.01. The molecule has 0 bridgehead atoms. The quantitative estimate of drug-likeness (QED) is 0.847. The lowest BCUT2D eigenvalue weighted by molar-refractivity contribution is -0.0349. The first kappa shape index (κ1) is 17.1. The first-order valence-corrected chi connectivity index (χ1v) is 9.14. The van der Waals surface area contributed by atoms with Gasteiger partial charge in [0.25, 0.3) is 5.91 Å². The molecule has 1 atom stereocenters. The number of hydrogen-bond acceptors (Lipinski definition) is 6. The van der Waals surface area contributed by atoms with Gasteiger partial charge in [-0.3, -0.25) is 4.79 Å². The molecule has 0 unspecified atom stereocenters. The van der Waals surface area contributed by atoms with Gasteiger partial charge in [-0.05, 0) is 25.0 Å². The average Bonchev–Trinajstić information content (AvgIpc) is 3.21. The molecule has 0 aliphatic carbocycles. The number of ether oxygens (including phenoxy) is 1. The number of nitrogens with zero attached hydrogens (tertiary/aromatic N) is 3. The van der Waals surface area contributed by atoms with E-state index in [1.807, 2.05) is 24.8 Å². The molecular weight excluding hydrogens is 326 g/mol. The molecule has 0 N–H and O–H groups in total. The fourth-order valence-electron chi connectivity index (χ4n) is 2.73. The van der Waals surface area contributed by atoms with Crippen LogP contribution >= 0.6 is 11.3 Å². The van der Waals surface area contributed by atoms with E-state index in [0.717, 1.165) is 11.3 Å². The van der Waals surface area contributed by atoms with Gasteiger partial charge in [0.15, 0.2) is 6.10 Å². The molecule has 24 heavy (non-hydrogen) atoms. The van der Waals surface area contributed by atoms with Gasteiger partial charge in [-0.1, -0.05) is 20.8 Å². The van der Waals surface area contributed by atoms with Crippen molar-refractivity contribution in [1.29, 1.82) is 0 Å². The van der Waals surface area contributed by atoms with Crippen LogP contribution in [0.5, 0.6) is 0 Å². The third-order valence-electron chi connectivity index (χ3n) is 4.19. The Balaban J connectivity index is 1.73. The van der Waals surface area contributed by atoms with Crippen molar-refractivity contribution in [3.8, 4) is 0 Å². The molecule has 0 radical (unpaired) electrons. The topological polar surface area (TPSA) is 68.5 Å². The fourth-order valence-corrected chi connectivity index (χ4v) is 3.81. The lowest BCUT2D eigenvalue weighted by Gasteiger charge is -2.31. The maximum Gasteiger partial charge on any atom is 0.264 e. The molecule has 0 saturated carbocycles. The summed E-state index contributed by atoms with van der Waals surface area (Å²) in [6.07, 6.45) is 0.593. The zero-order valence-corrected chi connectivity index (χ0v) is 15.4. The number of thiophene rings is 1. The molecule has 3 rings (SSSR count). The summed E-state index contributed by atoms with van der Waals surface area (Å²) in [5.74, 6) is 1.28. The van der Waals surface area contributed by atoms with Gasteiger partial charge >= 0.3 is 0 Å². The summed E-state index contributed by atoms with van der Waals surface area (Å²) >= 11 is 1.56. The first-order valence-electron chi connectivity index (χ1n) is 8.33. The maximum atomic E-state index is 12.8. The highest BCUT2D eigenvalue weighted by molar-refractivity contribution is 7.14. The van der Waals surface area contributed by atoms with E-state index in [-0.39, 0.29) is 17.9 Å². The van der Waals surface area contributed by atoms with Crippen molar-refractivity contribution < 1.29 is 13.9 Å². The van der Waals surface area contributed by atoms with Crippen molar-refractivity contribution in [2.24, 2.45) is 0 Å². The molecule has 1 aliphatic rings. The Morgan fingerprint density at radius 3 is 2.88 bits per heavy atom. The Bertz CT molecular complexity index is 722. The molecule has 0 aromatic carbocycles. The second-order valence-electron chi connectivity index (χ2n) is 6.29. The predicted octanol–water partition coefficient (Wildman–Crippen LogP) is 3.34. The van der Waals surface area contributed by atoms with Crippen molar-refractivity contribution in [1.82, 2.24) is 15.1 Å². The zero-order chi connectivity index (χ0) is 17.3. The van der Waals surface area contributed by atoms with E-state index < -0.39 is 0 Å². The Morgan fingerprint density at radius 2 is 2.25 bits per heavy atom. The van der Waals surface area contributed by atoms with Gasteiger partial charge in [-0.2, -0.15) is 0 Å². The fraction of sp³-hybridized carbons (Fsp3) is 0.588. The van der Waals surface area contributed by atoms with Crippen LogP contribution < -0.4 is 0 Å². The van der Waals surface area contributed by atoms with Gasteiger partial charge in [0.2, 0.25) is 11.8 Å². The van der Waals surface area contributed by atoms with Crippen LogP contribution in [-0.4, -0.2) is 40.7 Å². The van der Waals surface area contributed by atoms with Crippen LogP contribution in [0.1, 0.15) is 64.7 Å². The summed E-state index contributed by atoms with van der Waals surface area (Å²) in [4.78, 5) is 16.6. The molecule has 0 spiro atoms. The summed E-state index contributed by atoms with van der Waals surface area (Å²) < 4.78 is 11.4. The van der Waals surface area contributed by atoms with Gasteiger partial charge in [0.05, 0.1) is 18.0 Å². The molecule has 1 amide bonds. The van der Waals surface area contributed by atoms with Crippen LogP contribution in [0.2, 0.25) is 0 Å². The molecule has 2 aromatic rings. The number of morpholine rings is 1. The Kier molecular flexibility index (Phi) is 5.01. The summed E-state index contributed by atoms with van der Waals surface area (Å²) in [7, 11) is 0. The standard InChI is InChI=1S/C17H23N3O3S/c1-5-12-8-14(24-11(12)4)17(21)20-6-7-22-13(9-20)16-19-18-15(23-16)10(2)3/h8,10,13H,5-7,9H2,1-4H3/t13-/m0/s1. The maximum absolute atomic E-state index is 12.8. The highest BCUT2D eigenvalue weighted by atomic mass is 32.1. The second-order valence-corrected chi connectivity index (χ2v) is 7.55. The van der Waals surface area contributed by atoms with Gasteiger partial charge < -0.3 is 14.1 Å². The lowest BCUT2D eigenvalue weighted by atomic mass is 10.2. The van der Waals surface area contributed by atoms with Crippen molar-refractivity contribution >= 4 is 17.2 Å². The van der Waals surface area contributed by atoms with E-state index in [1.54, 1.807) is 11.3 Å². The van der Waals surface area contributed by atoms with E-state index in [4.69, 9.17) is 9.15 Å². The summed E-state index contributed by atoms with van der Waals surface area (Å²) in [5.41, 5.74) is 1.24. The van der Waals surface area contributed by atoms with Crippen LogP contribution in [-0.2, 0) is 11.2 Å². The average molecular weight is 349 g/mol. The summed E-state index contributed by atoms with van der Waals surface area (Å²) in [5, 5.41) is 8.13. The number of aryl methyl sites for hydroxylation is 2. The molecule has 1 aliphatic heterocycles.